The fourth-order valence-electron chi connectivity index (χ4n) is 4.89. The van der Waals surface area contributed by atoms with Crippen LogP contribution in [0, 0.1) is 23.7 Å². The van der Waals surface area contributed by atoms with Crippen LogP contribution < -0.4 is 5.32 Å². The normalized spacial score (nSPS) is 29.6. The number of nitrogens with zero attached hydrogens (tertiary/aromatic N) is 1. The minimum Gasteiger partial charge on any atom is -0.481 e. The largest absolute Gasteiger partial charge is 0.481 e. The van der Waals surface area contributed by atoms with Crippen LogP contribution in [0.15, 0.2) is 24.3 Å². The predicted octanol–water partition coefficient (Wildman–Crippen LogP) is 1.84. The van der Waals surface area contributed by atoms with E-state index in [4.69, 9.17) is 4.74 Å². The summed E-state index contributed by atoms with van der Waals surface area (Å²) in [6.45, 7) is 2.26. The minimum atomic E-state index is -0.867. The number of nitrogens with one attached hydrogen (secondary N) is 1. The lowest BCUT2D eigenvalue weighted by Crippen LogP contribution is -2.40. The number of fused-ring (bicyclic) bond motifs is 2. The van der Waals surface area contributed by atoms with Gasteiger partial charge in [-0.25, -0.2) is 0 Å². The summed E-state index contributed by atoms with van der Waals surface area (Å²) in [4.78, 5) is 38.5. The van der Waals surface area contributed by atoms with Gasteiger partial charge in [-0.1, -0.05) is 0 Å². The lowest BCUT2D eigenvalue weighted by atomic mass is 9.78. The van der Waals surface area contributed by atoms with Crippen LogP contribution in [0.2, 0.25) is 0 Å². The fraction of sp³-hybridized carbons (Fsp3) is 0.550. The number of hydrogen-bond donors (Lipinski definition) is 2. The van der Waals surface area contributed by atoms with E-state index in [0.717, 1.165) is 19.3 Å². The second-order valence-electron chi connectivity index (χ2n) is 7.69. The maximum Gasteiger partial charge on any atom is 0.307 e. The first-order valence-corrected chi connectivity index (χ1v) is 9.55. The van der Waals surface area contributed by atoms with E-state index < -0.39 is 17.8 Å². The maximum absolute atomic E-state index is 12.7. The fourth-order valence-corrected chi connectivity index (χ4v) is 4.89. The van der Waals surface area contributed by atoms with Crippen molar-refractivity contribution in [2.24, 2.45) is 23.7 Å². The summed E-state index contributed by atoms with van der Waals surface area (Å²) >= 11 is 0. The first-order valence-electron chi connectivity index (χ1n) is 9.55. The summed E-state index contributed by atoms with van der Waals surface area (Å²) in [5.74, 6) is -1.89. The minimum absolute atomic E-state index is 0.0461. The van der Waals surface area contributed by atoms with Crippen LogP contribution in [0.25, 0.3) is 0 Å². The van der Waals surface area contributed by atoms with Gasteiger partial charge in [-0.05, 0) is 55.4 Å². The number of amides is 2. The van der Waals surface area contributed by atoms with E-state index in [1.807, 2.05) is 0 Å². The second kappa shape index (κ2) is 7.31. The molecule has 7 heteroatoms. The zero-order chi connectivity index (χ0) is 19.0. The molecule has 2 bridgehead atoms. The number of hydrogen-bond acceptors (Lipinski definition) is 4. The number of carboxylic acids is 1. The molecule has 4 rings (SSSR count). The van der Waals surface area contributed by atoms with E-state index in [9.17, 15) is 19.5 Å². The molecule has 2 saturated carbocycles. The van der Waals surface area contributed by atoms with E-state index in [1.54, 1.807) is 29.2 Å². The number of benzene rings is 1. The molecular formula is C20H24N2O5. The number of carboxylic acid groups (broad SMARTS) is 1. The van der Waals surface area contributed by atoms with Crippen molar-refractivity contribution < 1.29 is 24.2 Å². The number of morpholine rings is 1. The molecule has 4 unspecified atom stereocenters. The highest BCUT2D eigenvalue weighted by Crippen LogP contribution is 2.52. The number of anilines is 1. The zero-order valence-electron chi connectivity index (χ0n) is 15.1. The summed E-state index contributed by atoms with van der Waals surface area (Å²) < 4.78 is 5.26. The molecule has 1 aromatic carbocycles. The topological polar surface area (TPSA) is 95.9 Å². The van der Waals surface area contributed by atoms with E-state index >= 15 is 0 Å². The van der Waals surface area contributed by atoms with E-state index in [-0.39, 0.29) is 23.7 Å². The Balaban J connectivity index is 1.41. The molecule has 1 aromatic rings. The first kappa shape index (κ1) is 18.0. The third-order valence-electron chi connectivity index (χ3n) is 6.20. The lowest BCUT2D eigenvalue weighted by Gasteiger charge is -2.27. The third kappa shape index (κ3) is 3.43. The summed E-state index contributed by atoms with van der Waals surface area (Å²) in [5, 5.41) is 12.4. The Bertz CT molecular complexity index is 741. The Labute approximate surface area is 157 Å². The second-order valence-corrected chi connectivity index (χ2v) is 7.69. The molecule has 4 atom stereocenters. The molecule has 7 nitrogen and oxygen atoms in total. The van der Waals surface area contributed by atoms with Crippen LogP contribution in [0.1, 0.15) is 29.6 Å². The van der Waals surface area contributed by atoms with Gasteiger partial charge in [0.25, 0.3) is 5.91 Å². The van der Waals surface area contributed by atoms with Crippen molar-refractivity contribution in [2.75, 3.05) is 31.6 Å². The Hall–Kier alpha value is -2.41. The van der Waals surface area contributed by atoms with Gasteiger partial charge in [0.2, 0.25) is 5.91 Å². The van der Waals surface area contributed by atoms with Gasteiger partial charge >= 0.3 is 5.97 Å². The standard InChI is InChI=1S/C20H24N2O5/c23-18(16-13-1-2-14(11-13)17(16)20(25)26)21-15-5-3-12(4-6-15)19(24)22-7-9-27-10-8-22/h3-6,13-14,16-17H,1-2,7-11H2,(H,21,23)(H,25,26). The number of ether oxygens (including phenoxy) is 1. The molecule has 1 heterocycles. The van der Waals surface area contributed by atoms with Crippen LogP contribution in [-0.4, -0.2) is 54.1 Å². The molecule has 2 aliphatic carbocycles. The average Bonchev–Trinajstić information content (AvgIpc) is 3.30. The van der Waals surface area contributed by atoms with Crippen LogP contribution in [0.5, 0.6) is 0 Å². The van der Waals surface area contributed by atoms with E-state index in [0.29, 0.717) is 37.6 Å². The Kier molecular flexibility index (Phi) is 4.86. The van der Waals surface area contributed by atoms with E-state index in [1.165, 1.54) is 0 Å². The number of aliphatic carboxylic acids is 1. The molecule has 27 heavy (non-hydrogen) atoms. The van der Waals surface area contributed by atoms with Gasteiger partial charge in [0, 0.05) is 24.3 Å². The third-order valence-corrected chi connectivity index (χ3v) is 6.20. The summed E-state index contributed by atoms with van der Waals surface area (Å²) in [7, 11) is 0. The lowest BCUT2D eigenvalue weighted by molar-refractivity contribution is -0.148. The van der Waals surface area contributed by atoms with E-state index in [2.05, 4.69) is 5.32 Å². The highest BCUT2D eigenvalue weighted by molar-refractivity contribution is 5.97. The monoisotopic (exact) mass is 372 g/mol. The van der Waals surface area contributed by atoms with Gasteiger partial charge in [-0.3, -0.25) is 14.4 Å². The van der Waals surface area contributed by atoms with Gasteiger partial charge in [0.1, 0.15) is 0 Å². The van der Waals surface area contributed by atoms with Crippen molar-refractivity contribution in [1.29, 1.82) is 0 Å². The van der Waals surface area contributed by atoms with Crippen molar-refractivity contribution in [2.45, 2.75) is 19.3 Å². The Morgan fingerprint density at radius 1 is 1.00 bits per heavy atom. The quantitative estimate of drug-likeness (QED) is 0.841. The van der Waals surface area contributed by atoms with Crippen molar-refractivity contribution in [3.8, 4) is 0 Å². The highest BCUT2D eigenvalue weighted by atomic mass is 16.5. The van der Waals surface area contributed by atoms with Gasteiger partial charge in [-0.15, -0.1) is 0 Å². The van der Waals surface area contributed by atoms with Crippen LogP contribution in [0.4, 0.5) is 5.69 Å². The molecule has 0 aromatic heterocycles. The van der Waals surface area contributed by atoms with Gasteiger partial charge in [-0.2, -0.15) is 0 Å². The Morgan fingerprint density at radius 2 is 1.63 bits per heavy atom. The van der Waals surface area contributed by atoms with Crippen molar-refractivity contribution in [3.63, 3.8) is 0 Å². The molecule has 144 valence electrons. The smallest absolute Gasteiger partial charge is 0.307 e. The van der Waals surface area contributed by atoms with Crippen LogP contribution >= 0.6 is 0 Å². The van der Waals surface area contributed by atoms with Gasteiger partial charge < -0.3 is 20.1 Å². The SMILES string of the molecule is O=C(O)C1C2CCC(C2)C1C(=O)Nc1ccc(C(=O)N2CCOCC2)cc1. The summed E-state index contributed by atoms with van der Waals surface area (Å²) in [6, 6.07) is 6.80. The van der Waals surface area contributed by atoms with Gasteiger partial charge in [0.15, 0.2) is 0 Å². The van der Waals surface area contributed by atoms with Gasteiger partial charge in [0.05, 0.1) is 25.0 Å². The Morgan fingerprint density at radius 3 is 2.26 bits per heavy atom. The average molecular weight is 372 g/mol. The van der Waals surface area contributed by atoms with Crippen molar-refractivity contribution in [3.05, 3.63) is 29.8 Å². The summed E-state index contributed by atoms with van der Waals surface area (Å²) in [6.07, 6.45) is 2.67. The van der Waals surface area contributed by atoms with Crippen molar-refractivity contribution in [1.82, 2.24) is 4.90 Å². The number of carbonyl (C=O) groups excluding carboxylic acids is 2. The highest BCUT2D eigenvalue weighted by Gasteiger charge is 2.53. The predicted molar refractivity (Wildman–Crippen MR) is 97.2 cm³/mol. The molecule has 3 aliphatic rings. The molecular weight excluding hydrogens is 348 g/mol. The molecule has 1 aliphatic heterocycles. The summed E-state index contributed by atoms with van der Waals surface area (Å²) in [5.41, 5.74) is 1.16. The number of carbonyl (C=O) groups is 3. The molecule has 0 radical (unpaired) electrons. The molecule has 2 amide bonds. The molecule has 0 spiro atoms. The number of rotatable bonds is 4. The molecule has 2 N–H and O–H groups in total. The zero-order valence-corrected chi connectivity index (χ0v) is 15.1. The van der Waals surface area contributed by atoms with Crippen LogP contribution in [-0.2, 0) is 14.3 Å². The first-order chi connectivity index (χ1) is 13.0. The van der Waals surface area contributed by atoms with Crippen LogP contribution in [0.3, 0.4) is 0 Å². The van der Waals surface area contributed by atoms with Crippen molar-refractivity contribution >= 4 is 23.5 Å². The molecule has 1 saturated heterocycles. The maximum atomic E-state index is 12.7. The molecule has 3 fully saturated rings.